The number of ether oxygens (including phenoxy) is 1. The Kier molecular flexibility index (Phi) is 3.15. The predicted molar refractivity (Wildman–Crippen MR) is 62.9 cm³/mol. The van der Waals surface area contributed by atoms with Gasteiger partial charge in [-0.3, -0.25) is 0 Å². The fourth-order valence-corrected chi connectivity index (χ4v) is 1.65. The minimum atomic E-state index is -0.502. The molecule has 1 N–H and O–H groups in total. The molecule has 0 bridgehead atoms. The maximum Gasteiger partial charge on any atom is 0.165 e. The summed E-state index contributed by atoms with van der Waals surface area (Å²) in [5.41, 5.74) is 0.927. The van der Waals surface area contributed by atoms with Crippen LogP contribution in [0.25, 0.3) is 11.1 Å². The minimum absolute atomic E-state index is 0.0565. The van der Waals surface area contributed by atoms with Gasteiger partial charge in [0.15, 0.2) is 11.6 Å². The maximum atomic E-state index is 13.5. The highest BCUT2D eigenvalue weighted by Gasteiger charge is 2.09. The third-order valence-electron chi connectivity index (χ3n) is 2.31. The number of aromatic hydroxyl groups is 1. The van der Waals surface area contributed by atoms with E-state index in [-0.39, 0.29) is 16.7 Å². The van der Waals surface area contributed by atoms with Crippen LogP contribution in [-0.4, -0.2) is 17.2 Å². The Labute approximate surface area is 102 Å². The van der Waals surface area contributed by atoms with Gasteiger partial charge >= 0.3 is 0 Å². The van der Waals surface area contributed by atoms with Crippen LogP contribution >= 0.6 is 11.6 Å². The Bertz CT molecular complexity index is 560. The Hall–Kier alpha value is -1.81. The molecule has 0 unspecified atom stereocenters. The number of aromatic nitrogens is 1. The van der Waals surface area contributed by atoms with Gasteiger partial charge < -0.3 is 9.84 Å². The van der Waals surface area contributed by atoms with E-state index in [0.717, 1.165) is 0 Å². The zero-order valence-electron chi connectivity index (χ0n) is 8.95. The van der Waals surface area contributed by atoms with Gasteiger partial charge in [-0.15, -0.1) is 0 Å². The van der Waals surface area contributed by atoms with Crippen molar-refractivity contribution in [2.45, 2.75) is 0 Å². The SMILES string of the molecule is COc1ccc(-c2cc(Cl)ncc2O)cc1F. The van der Waals surface area contributed by atoms with Gasteiger partial charge in [0.25, 0.3) is 0 Å². The molecule has 0 saturated heterocycles. The molecule has 0 aliphatic rings. The Morgan fingerprint density at radius 2 is 2.12 bits per heavy atom. The highest BCUT2D eigenvalue weighted by Crippen LogP contribution is 2.32. The van der Waals surface area contributed by atoms with Crippen molar-refractivity contribution in [3.63, 3.8) is 0 Å². The number of benzene rings is 1. The molecule has 0 radical (unpaired) electrons. The van der Waals surface area contributed by atoms with E-state index in [1.807, 2.05) is 0 Å². The highest BCUT2D eigenvalue weighted by molar-refractivity contribution is 6.29. The largest absolute Gasteiger partial charge is 0.506 e. The van der Waals surface area contributed by atoms with Crippen molar-refractivity contribution in [3.8, 4) is 22.6 Å². The highest BCUT2D eigenvalue weighted by atomic mass is 35.5. The average molecular weight is 254 g/mol. The summed E-state index contributed by atoms with van der Waals surface area (Å²) in [6.45, 7) is 0. The fraction of sp³-hybridized carbons (Fsp3) is 0.0833. The van der Waals surface area contributed by atoms with Crippen molar-refractivity contribution in [1.82, 2.24) is 4.98 Å². The number of hydrogen-bond donors (Lipinski definition) is 1. The molecule has 0 spiro atoms. The summed E-state index contributed by atoms with van der Waals surface area (Å²) in [4.78, 5) is 3.72. The van der Waals surface area contributed by atoms with Crippen LogP contribution in [0, 0.1) is 5.82 Å². The normalized spacial score (nSPS) is 10.3. The summed E-state index contributed by atoms with van der Waals surface area (Å²) >= 11 is 5.72. The molecule has 0 aliphatic heterocycles. The molecule has 0 atom stereocenters. The molecule has 1 aromatic heterocycles. The number of halogens is 2. The van der Waals surface area contributed by atoms with Crippen molar-refractivity contribution < 1.29 is 14.2 Å². The van der Waals surface area contributed by atoms with Gasteiger partial charge in [0, 0.05) is 5.56 Å². The van der Waals surface area contributed by atoms with E-state index < -0.39 is 5.82 Å². The second-order valence-corrected chi connectivity index (χ2v) is 3.76. The lowest BCUT2D eigenvalue weighted by molar-refractivity contribution is 0.386. The van der Waals surface area contributed by atoms with Crippen molar-refractivity contribution in [3.05, 3.63) is 41.4 Å². The van der Waals surface area contributed by atoms with Gasteiger partial charge in [0.2, 0.25) is 0 Å². The lowest BCUT2D eigenvalue weighted by atomic mass is 10.1. The van der Waals surface area contributed by atoms with Gasteiger partial charge in [0.1, 0.15) is 10.9 Å². The average Bonchev–Trinajstić information content (AvgIpc) is 2.32. The molecule has 0 saturated carbocycles. The summed E-state index contributed by atoms with van der Waals surface area (Å²) < 4.78 is 18.3. The van der Waals surface area contributed by atoms with Crippen LogP contribution in [0.1, 0.15) is 0 Å². The van der Waals surface area contributed by atoms with E-state index >= 15 is 0 Å². The second kappa shape index (κ2) is 4.59. The van der Waals surface area contributed by atoms with Crippen LogP contribution in [0.2, 0.25) is 5.15 Å². The van der Waals surface area contributed by atoms with Crippen LogP contribution in [0.3, 0.4) is 0 Å². The number of hydrogen-bond acceptors (Lipinski definition) is 3. The lowest BCUT2D eigenvalue weighted by Crippen LogP contribution is -1.89. The van der Waals surface area contributed by atoms with Crippen LogP contribution in [-0.2, 0) is 0 Å². The third-order valence-corrected chi connectivity index (χ3v) is 2.52. The number of pyridine rings is 1. The summed E-state index contributed by atoms with van der Waals surface area (Å²) in [7, 11) is 1.39. The van der Waals surface area contributed by atoms with Crippen molar-refractivity contribution in [2.24, 2.45) is 0 Å². The minimum Gasteiger partial charge on any atom is -0.506 e. The fourth-order valence-electron chi connectivity index (χ4n) is 1.49. The predicted octanol–water partition coefficient (Wildman–Crippen LogP) is 3.26. The van der Waals surface area contributed by atoms with Gasteiger partial charge in [-0.05, 0) is 23.8 Å². The zero-order valence-corrected chi connectivity index (χ0v) is 9.70. The first kappa shape index (κ1) is 11.7. The molecule has 5 heteroatoms. The van der Waals surface area contributed by atoms with Gasteiger partial charge in [-0.25, -0.2) is 9.37 Å². The van der Waals surface area contributed by atoms with Crippen molar-refractivity contribution in [2.75, 3.05) is 7.11 Å². The van der Waals surface area contributed by atoms with Crippen LogP contribution in [0.15, 0.2) is 30.5 Å². The van der Waals surface area contributed by atoms with E-state index in [0.29, 0.717) is 11.1 Å². The molecule has 17 heavy (non-hydrogen) atoms. The summed E-state index contributed by atoms with van der Waals surface area (Å²) in [6, 6.07) is 5.86. The van der Waals surface area contributed by atoms with E-state index in [1.54, 1.807) is 6.07 Å². The maximum absolute atomic E-state index is 13.5. The van der Waals surface area contributed by atoms with Crippen LogP contribution in [0.5, 0.6) is 11.5 Å². The topological polar surface area (TPSA) is 42.4 Å². The molecule has 1 aromatic carbocycles. The van der Waals surface area contributed by atoms with E-state index in [4.69, 9.17) is 16.3 Å². The van der Waals surface area contributed by atoms with Crippen molar-refractivity contribution in [1.29, 1.82) is 0 Å². The van der Waals surface area contributed by atoms with E-state index in [2.05, 4.69) is 4.98 Å². The van der Waals surface area contributed by atoms with Gasteiger partial charge in [-0.1, -0.05) is 17.7 Å². The number of rotatable bonds is 2. The third kappa shape index (κ3) is 2.31. The van der Waals surface area contributed by atoms with E-state index in [1.165, 1.54) is 31.5 Å². The van der Waals surface area contributed by atoms with Gasteiger partial charge in [-0.2, -0.15) is 0 Å². The number of methoxy groups -OCH3 is 1. The van der Waals surface area contributed by atoms with Crippen LogP contribution < -0.4 is 4.74 Å². The number of nitrogens with zero attached hydrogens (tertiary/aromatic N) is 1. The molecule has 88 valence electrons. The molecule has 1 heterocycles. The monoisotopic (exact) mass is 253 g/mol. The summed E-state index contributed by atoms with van der Waals surface area (Å²) in [5.74, 6) is -0.412. The molecule has 0 aliphatic carbocycles. The molecule has 2 aromatic rings. The van der Waals surface area contributed by atoms with E-state index in [9.17, 15) is 9.50 Å². The first-order valence-corrected chi connectivity index (χ1v) is 5.18. The smallest absolute Gasteiger partial charge is 0.165 e. The Morgan fingerprint density at radius 1 is 1.35 bits per heavy atom. The molecule has 2 rings (SSSR count). The molecule has 0 fully saturated rings. The summed E-state index contributed by atoms with van der Waals surface area (Å²) in [6.07, 6.45) is 1.22. The first-order chi connectivity index (χ1) is 8.11. The zero-order chi connectivity index (χ0) is 12.4. The second-order valence-electron chi connectivity index (χ2n) is 3.37. The Balaban J connectivity index is 2.53. The standard InChI is InChI=1S/C12H9ClFNO2/c1-17-11-3-2-7(4-9(11)14)8-5-12(13)15-6-10(8)16/h2-6,16H,1H3. The molecular formula is C12H9ClFNO2. The lowest BCUT2D eigenvalue weighted by Gasteiger charge is -2.07. The molecule has 3 nitrogen and oxygen atoms in total. The van der Waals surface area contributed by atoms with Gasteiger partial charge in [0.05, 0.1) is 13.3 Å². The summed E-state index contributed by atoms with van der Waals surface area (Å²) in [5, 5.41) is 9.86. The molecule has 0 amide bonds. The van der Waals surface area contributed by atoms with Crippen molar-refractivity contribution >= 4 is 11.6 Å². The molecular weight excluding hydrogens is 245 g/mol. The first-order valence-electron chi connectivity index (χ1n) is 4.80. The van der Waals surface area contributed by atoms with Crippen LogP contribution in [0.4, 0.5) is 4.39 Å². The quantitative estimate of drug-likeness (QED) is 0.836. The Morgan fingerprint density at radius 3 is 2.76 bits per heavy atom.